The van der Waals surface area contributed by atoms with E-state index in [0.717, 1.165) is 5.56 Å². The predicted octanol–water partition coefficient (Wildman–Crippen LogP) is 5.40. The summed E-state index contributed by atoms with van der Waals surface area (Å²) in [5, 5.41) is 1.58. The Morgan fingerprint density at radius 1 is 1.05 bits per heavy atom. The highest BCUT2D eigenvalue weighted by molar-refractivity contribution is 6.35. The summed E-state index contributed by atoms with van der Waals surface area (Å²) in [5.74, 6) is -0.471. The van der Waals surface area contributed by atoms with E-state index in [9.17, 15) is 4.79 Å². The van der Waals surface area contributed by atoms with Gasteiger partial charge in [0.15, 0.2) is 0 Å². The zero-order valence-electron chi connectivity index (χ0n) is 10.9. The van der Waals surface area contributed by atoms with Gasteiger partial charge in [0.2, 0.25) is 0 Å². The lowest BCUT2D eigenvalue weighted by atomic mass is 10.2. The molecule has 0 amide bonds. The van der Waals surface area contributed by atoms with E-state index in [1.807, 2.05) is 12.1 Å². The third-order valence-electron chi connectivity index (χ3n) is 2.69. The Balaban J connectivity index is 1.95. The molecule has 0 N–H and O–H groups in total. The van der Waals surface area contributed by atoms with Gasteiger partial charge < -0.3 is 4.74 Å². The lowest BCUT2D eigenvalue weighted by Crippen LogP contribution is -2.01. The molecule has 2 aromatic rings. The molecule has 5 heteroatoms. The van der Waals surface area contributed by atoms with Crippen molar-refractivity contribution in [2.45, 2.75) is 6.61 Å². The van der Waals surface area contributed by atoms with E-state index < -0.39 is 5.97 Å². The SMILES string of the molecule is O=C(C=Cc1ccc(Cl)cc1Cl)OCc1ccccc1Cl. The molecule has 0 spiro atoms. The third-order valence-corrected chi connectivity index (χ3v) is 3.62. The molecule has 0 aliphatic rings. The van der Waals surface area contributed by atoms with Crippen LogP contribution in [0, 0.1) is 0 Å². The molecule has 108 valence electrons. The van der Waals surface area contributed by atoms with Crippen LogP contribution in [-0.4, -0.2) is 5.97 Å². The van der Waals surface area contributed by atoms with E-state index >= 15 is 0 Å². The fourth-order valence-electron chi connectivity index (χ4n) is 1.61. The molecule has 0 aromatic heterocycles. The summed E-state index contributed by atoms with van der Waals surface area (Å²) in [4.78, 5) is 11.7. The number of esters is 1. The van der Waals surface area contributed by atoms with Gasteiger partial charge in [0.05, 0.1) is 0 Å². The Morgan fingerprint density at radius 3 is 2.52 bits per heavy atom. The monoisotopic (exact) mass is 340 g/mol. The molecule has 0 unspecified atom stereocenters. The summed E-state index contributed by atoms with van der Waals surface area (Å²) >= 11 is 17.8. The van der Waals surface area contributed by atoms with E-state index in [2.05, 4.69) is 0 Å². The molecule has 0 saturated carbocycles. The molecule has 2 nitrogen and oxygen atoms in total. The van der Waals surface area contributed by atoms with Gasteiger partial charge in [-0.2, -0.15) is 0 Å². The highest BCUT2D eigenvalue weighted by Gasteiger charge is 2.03. The van der Waals surface area contributed by atoms with Crippen LogP contribution in [0.2, 0.25) is 15.1 Å². The Morgan fingerprint density at radius 2 is 1.81 bits per heavy atom. The first-order chi connectivity index (χ1) is 10.1. The number of rotatable bonds is 4. The van der Waals surface area contributed by atoms with Crippen LogP contribution in [0.4, 0.5) is 0 Å². The molecule has 0 saturated heterocycles. The first kappa shape index (κ1) is 15.9. The first-order valence-electron chi connectivity index (χ1n) is 6.09. The normalized spacial score (nSPS) is 10.8. The largest absolute Gasteiger partial charge is 0.458 e. The van der Waals surface area contributed by atoms with Crippen LogP contribution < -0.4 is 0 Å². The van der Waals surface area contributed by atoms with Crippen LogP contribution in [-0.2, 0) is 16.1 Å². The van der Waals surface area contributed by atoms with Gasteiger partial charge in [-0.05, 0) is 29.8 Å². The summed E-state index contributed by atoms with van der Waals surface area (Å²) < 4.78 is 5.11. The lowest BCUT2D eigenvalue weighted by molar-refractivity contribution is -0.138. The van der Waals surface area contributed by atoms with Crippen molar-refractivity contribution in [2.75, 3.05) is 0 Å². The molecule has 21 heavy (non-hydrogen) atoms. The van der Waals surface area contributed by atoms with E-state index in [1.165, 1.54) is 6.08 Å². The number of hydrogen-bond donors (Lipinski definition) is 0. The Bertz CT molecular complexity index is 681. The van der Waals surface area contributed by atoms with Gasteiger partial charge in [0, 0.05) is 26.7 Å². The van der Waals surface area contributed by atoms with Crippen molar-refractivity contribution in [1.82, 2.24) is 0 Å². The van der Waals surface area contributed by atoms with Crippen molar-refractivity contribution in [3.63, 3.8) is 0 Å². The summed E-state index contributed by atoms with van der Waals surface area (Å²) in [6.07, 6.45) is 2.89. The molecule has 0 fully saturated rings. The van der Waals surface area contributed by atoms with Gasteiger partial charge in [0.1, 0.15) is 6.61 Å². The fraction of sp³-hybridized carbons (Fsp3) is 0.0625. The predicted molar refractivity (Wildman–Crippen MR) is 86.7 cm³/mol. The summed E-state index contributed by atoms with van der Waals surface area (Å²) in [7, 11) is 0. The Kier molecular flexibility index (Phi) is 5.68. The maximum Gasteiger partial charge on any atom is 0.331 e. The zero-order chi connectivity index (χ0) is 15.2. The molecular weight excluding hydrogens is 331 g/mol. The van der Waals surface area contributed by atoms with Gasteiger partial charge in [-0.15, -0.1) is 0 Å². The molecule has 0 heterocycles. The highest BCUT2D eigenvalue weighted by Crippen LogP contribution is 2.22. The Hall–Kier alpha value is -1.48. The van der Waals surface area contributed by atoms with Crippen LogP contribution in [0.15, 0.2) is 48.5 Å². The molecule has 0 aliphatic carbocycles. The average Bonchev–Trinajstić information content (AvgIpc) is 2.45. The maximum atomic E-state index is 11.7. The van der Waals surface area contributed by atoms with Crippen LogP contribution in [0.1, 0.15) is 11.1 Å². The van der Waals surface area contributed by atoms with Crippen molar-refractivity contribution in [3.05, 3.63) is 74.7 Å². The van der Waals surface area contributed by atoms with Crippen molar-refractivity contribution in [3.8, 4) is 0 Å². The second-order valence-corrected chi connectivity index (χ2v) is 5.45. The standard InChI is InChI=1S/C16H11Cl3O2/c17-13-7-5-11(15(19)9-13)6-8-16(20)21-10-12-3-1-2-4-14(12)18/h1-9H,10H2. The molecule has 0 atom stereocenters. The van der Waals surface area contributed by atoms with Gasteiger partial charge in [-0.25, -0.2) is 4.79 Å². The maximum absolute atomic E-state index is 11.7. The topological polar surface area (TPSA) is 26.3 Å². The zero-order valence-corrected chi connectivity index (χ0v) is 13.1. The number of carbonyl (C=O) groups is 1. The minimum Gasteiger partial charge on any atom is -0.458 e. The second kappa shape index (κ2) is 7.51. The molecular formula is C16H11Cl3O2. The van der Waals surface area contributed by atoms with Crippen molar-refractivity contribution in [2.24, 2.45) is 0 Å². The van der Waals surface area contributed by atoms with Gasteiger partial charge in [-0.3, -0.25) is 0 Å². The number of carbonyl (C=O) groups excluding carboxylic acids is 1. The third kappa shape index (κ3) is 4.78. The van der Waals surface area contributed by atoms with Gasteiger partial charge in [0.25, 0.3) is 0 Å². The van der Waals surface area contributed by atoms with Gasteiger partial charge >= 0.3 is 5.97 Å². The van der Waals surface area contributed by atoms with E-state index in [0.29, 0.717) is 20.6 Å². The van der Waals surface area contributed by atoms with E-state index in [-0.39, 0.29) is 6.61 Å². The summed E-state index contributed by atoms with van der Waals surface area (Å²) in [6, 6.07) is 12.2. The number of ether oxygens (including phenoxy) is 1. The van der Waals surface area contributed by atoms with Crippen LogP contribution >= 0.6 is 34.8 Å². The number of halogens is 3. The minimum atomic E-state index is -0.471. The Labute approximate surface area is 137 Å². The first-order valence-corrected chi connectivity index (χ1v) is 7.23. The number of benzene rings is 2. The van der Waals surface area contributed by atoms with Crippen molar-refractivity contribution >= 4 is 46.8 Å². The smallest absolute Gasteiger partial charge is 0.331 e. The van der Waals surface area contributed by atoms with Crippen molar-refractivity contribution < 1.29 is 9.53 Å². The van der Waals surface area contributed by atoms with Gasteiger partial charge in [-0.1, -0.05) is 59.1 Å². The molecule has 2 aromatic carbocycles. The number of hydrogen-bond acceptors (Lipinski definition) is 2. The van der Waals surface area contributed by atoms with E-state index in [4.69, 9.17) is 39.5 Å². The van der Waals surface area contributed by atoms with Crippen molar-refractivity contribution in [1.29, 1.82) is 0 Å². The van der Waals surface area contributed by atoms with Crippen LogP contribution in [0.3, 0.4) is 0 Å². The molecule has 0 bridgehead atoms. The average molecular weight is 342 g/mol. The molecule has 0 radical (unpaired) electrons. The minimum absolute atomic E-state index is 0.122. The molecule has 0 aliphatic heterocycles. The van der Waals surface area contributed by atoms with Crippen LogP contribution in [0.5, 0.6) is 0 Å². The van der Waals surface area contributed by atoms with Crippen LogP contribution in [0.25, 0.3) is 6.08 Å². The molecule has 2 rings (SSSR count). The second-order valence-electron chi connectivity index (χ2n) is 4.20. The highest BCUT2D eigenvalue weighted by atomic mass is 35.5. The quantitative estimate of drug-likeness (QED) is 0.549. The summed E-state index contributed by atoms with van der Waals surface area (Å²) in [6.45, 7) is 0.122. The fourth-order valence-corrected chi connectivity index (χ4v) is 2.27. The lowest BCUT2D eigenvalue weighted by Gasteiger charge is -2.04. The summed E-state index contributed by atoms with van der Waals surface area (Å²) in [5.41, 5.74) is 1.45. The van der Waals surface area contributed by atoms with E-state index in [1.54, 1.807) is 36.4 Å².